The fraction of sp³-hybridized carbons (Fsp3) is 0.462. The highest BCUT2D eigenvalue weighted by Gasteiger charge is 2.47. The van der Waals surface area contributed by atoms with E-state index in [2.05, 4.69) is 41.2 Å². The first kappa shape index (κ1) is 21.8. The van der Waals surface area contributed by atoms with Gasteiger partial charge in [-0.05, 0) is 82.2 Å². The topological polar surface area (TPSA) is 44.1 Å². The fourth-order valence-electron chi connectivity index (χ4n) is 4.20. The molecule has 0 bridgehead atoms. The summed E-state index contributed by atoms with van der Waals surface area (Å²) >= 11 is 7.81. The van der Waals surface area contributed by atoms with Crippen LogP contribution in [0, 0.1) is 11.8 Å². The summed E-state index contributed by atoms with van der Waals surface area (Å²) in [6, 6.07) is 8.53. The highest BCUT2D eigenvalue weighted by Crippen LogP contribution is 2.48. The Morgan fingerprint density at radius 2 is 1.97 bits per heavy atom. The molecule has 2 saturated carbocycles. The van der Waals surface area contributed by atoms with Crippen molar-refractivity contribution in [3.63, 3.8) is 0 Å². The summed E-state index contributed by atoms with van der Waals surface area (Å²) in [5.41, 5.74) is 1.98. The Morgan fingerprint density at radius 3 is 2.59 bits per heavy atom. The van der Waals surface area contributed by atoms with E-state index in [4.69, 9.17) is 21.4 Å². The lowest BCUT2D eigenvalue weighted by atomic mass is 9.92. The molecule has 3 aliphatic carbocycles. The molecule has 3 aliphatic rings. The van der Waals surface area contributed by atoms with Crippen LogP contribution in [-0.4, -0.2) is 21.4 Å². The zero-order valence-corrected chi connectivity index (χ0v) is 20.3. The van der Waals surface area contributed by atoms with Crippen LogP contribution in [0.25, 0.3) is 0 Å². The van der Waals surface area contributed by atoms with Crippen molar-refractivity contribution >= 4 is 29.3 Å². The molecule has 6 heteroatoms. The fourth-order valence-corrected chi connectivity index (χ4v) is 5.31. The Morgan fingerprint density at radius 1 is 1.22 bits per heavy atom. The van der Waals surface area contributed by atoms with Gasteiger partial charge in [-0.3, -0.25) is 9.48 Å². The third-order valence-corrected chi connectivity index (χ3v) is 7.39. The molecule has 0 N–H and O–H groups in total. The summed E-state index contributed by atoms with van der Waals surface area (Å²) < 4.78 is 7.72. The quantitative estimate of drug-likeness (QED) is 0.429. The summed E-state index contributed by atoms with van der Waals surface area (Å²) in [7, 11) is 0. The molecule has 0 radical (unpaired) electrons. The third kappa shape index (κ3) is 4.99. The first-order chi connectivity index (χ1) is 15.3. The van der Waals surface area contributed by atoms with Gasteiger partial charge in [0, 0.05) is 22.0 Å². The summed E-state index contributed by atoms with van der Waals surface area (Å²) in [4.78, 5) is 14.8. The van der Waals surface area contributed by atoms with Gasteiger partial charge in [0.25, 0.3) is 0 Å². The number of carbonyl (C=O) groups is 1. The van der Waals surface area contributed by atoms with Gasteiger partial charge in [0.15, 0.2) is 0 Å². The zero-order valence-electron chi connectivity index (χ0n) is 18.8. The number of halogens is 1. The van der Waals surface area contributed by atoms with Crippen LogP contribution in [0.1, 0.15) is 64.1 Å². The van der Waals surface area contributed by atoms with Gasteiger partial charge < -0.3 is 4.74 Å². The van der Waals surface area contributed by atoms with Crippen molar-refractivity contribution in [2.45, 2.75) is 73.8 Å². The SMILES string of the molecule is CC(C)(C)OC(=O)C1CC1C1=CCC(c2nn(C3CC3)cc2Sc2ccc(Cl)cc2)C=C1. The van der Waals surface area contributed by atoms with Crippen molar-refractivity contribution in [3.8, 4) is 0 Å². The van der Waals surface area contributed by atoms with Crippen LogP contribution in [0.2, 0.25) is 5.02 Å². The first-order valence-corrected chi connectivity index (χ1v) is 12.6. The number of nitrogens with zero attached hydrogens (tertiary/aromatic N) is 2. The minimum absolute atomic E-state index is 0.00627. The van der Waals surface area contributed by atoms with Crippen LogP contribution in [0.4, 0.5) is 0 Å². The van der Waals surface area contributed by atoms with E-state index >= 15 is 0 Å². The predicted octanol–water partition coefficient (Wildman–Crippen LogP) is 6.97. The molecule has 3 unspecified atom stereocenters. The largest absolute Gasteiger partial charge is 0.460 e. The van der Waals surface area contributed by atoms with Gasteiger partial charge in [-0.2, -0.15) is 5.10 Å². The lowest BCUT2D eigenvalue weighted by molar-refractivity contribution is -0.156. The van der Waals surface area contributed by atoms with Crippen molar-refractivity contribution in [1.82, 2.24) is 9.78 Å². The summed E-state index contributed by atoms with van der Waals surface area (Å²) in [6.07, 6.45) is 13.2. The standard InChI is InChI=1S/C26H29ClN2O2S/c1-26(2,3)31-25(30)22-14-21(22)16-4-6-17(7-5-16)24-23(15-29(28-24)19-10-11-19)32-20-12-8-18(27)9-13-20/h4-6,8-9,12-13,15,17,19,21-22H,7,10-11,14H2,1-3H3. The van der Waals surface area contributed by atoms with Crippen LogP contribution >= 0.6 is 23.4 Å². The molecule has 1 aromatic heterocycles. The van der Waals surface area contributed by atoms with E-state index in [9.17, 15) is 4.79 Å². The molecule has 1 heterocycles. The molecule has 1 aromatic carbocycles. The number of benzene rings is 1. The maximum Gasteiger partial charge on any atom is 0.310 e. The van der Waals surface area contributed by atoms with E-state index in [1.807, 2.05) is 32.9 Å². The Labute approximate surface area is 199 Å². The van der Waals surface area contributed by atoms with Gasteiger partial charge in [0.2, 0.25) is 0 Å². The molecule has 0 amide bonds. The van der Waals surface area contributed by atoms with Crippen molar-refractivity contribution in [3.05, 3.63) is 65.0 Å². The number of allylic oxidation sites excluding steroid dienone is 4. The summed E-state index contributed by atoms with van der Waals surface area (Å²) in [5.74, 6) is 0.497. The number of carbonyl (C=O) groups excluding carboxylic acids is 1. The van der Waals surface area contributed by atoms with Crippen LogP contribution in [-0.2, 0) is 9.53 Å². The van der Waals surface area contributed by atoms with Crippen LogP contribution in [0.15, 0.2) is 64.1 Å². The number of ether oxygens (including phenoxy) is 1. The average Bonchev–Trinajstić information content (AvgIpc) is 3.66. The summed E-state index contributed by atoms with van der Waals surface area (Å²) in [5, 5.41) is 5.74. The van der Waals surface area contributed by atoms with E-state index in [0.717, 1.165) is 23.6 Å². The molecule has 2 aromatic rings. The summed E-state index contributed by atoms with van der Waals surface area (Å²) in [6.45, 7) is 5.77. The van der Waals surface area contributed by atoms with Crippen molar-refractivity contribution in [2.75, 3.05) is 0 Å². The normalized spacial score (nSPS) is 24.9. The molecule has 0 aliphatic heterocycles. The smallest absolute Gasteiger partial charge is 0.310 e. The Bertz CT molecular complexity index is 1080. The molecular formula is C26H29ClN2O2S. The van der Waals surface area contributed by atoms with Crippen molar-refractivity contribution < 1.29 is 9.53 Å². The van der Waals surface area contributed by atoms with E-state index in [1.54, 1.807) is 11.8 Å². The zero-order chi connectivity index (χ0) is 22.5. The van der Waals surface area contributed by atoms with Gasteiger partial charge in [-0.25, -0.2) is 0 Å². The average molecular weight is 469 g/mol. The predicted molar refractivity (Wildman–Crippen MR) is 128 cm³/mol. The second-order valence-corrected chi connectivity index (χ2v) is 11.6. The highest BCUT2D eigenvalue weighted by atomic mass is 35.5. The lowest BCUT2D eigenvalue weighted by Crippen LogP contribution is -2.25. The minimum atomic E-state index is -0.426. The van der Waals surface area contributed by atoms with Gasteiger partial charge in [-0.15, -0.1) is 0 Å². The molecule has 168 valence electrons. The van der Waals surface area contributed by atoms with Gasteiger partial charge in [-0.1, -0.05) is 41.6 Å². The highest BCUT2D eigenvalue weighted by molar-refractivity contribution is 7.99. The van der Waals surface area contributed by atoms with Gasteiger partial charge in [0.05, 0.1) is 22.5 Å². The van der Waals surface area contributed by atoms with E-state index in [0.29, 0.717) is 12.0 Å². The number of hydrogen-bond donors (Lipinski definition) is 0. The maximum absolute atomic E-state index is 12.4. The Hall–Kier alpha value is -1.98. The van der Waals surface area contributed by atoms with Gasteiger partial charge in [0.1, 0.15) is 5.60 Å². The van der Waals surface area contributed by atoms with E-state index in [-0.39, 0.29) is 17.8 Å². The lowest BCUT2D eigenvalue weighted by Gasteiger charge is -2.20. The molecule has 2 fully saturated rings. The monoisotopic (exact) mass is 468 g/mol. The maximum atomic E-state index is 12.4. The Kier molecular flexibility index (Phi) is 5.75. The second-order valence-electron chi connectivity index (χ2n) is 10.0. The molecule has 0 spiro atoms. The molecular weight excluding hydrogens is 440 g/mol. The number of hydrogen-bond acceptors (Lipinski definition) is 4. The van der Waals surface area contributed by atoms with E-state index < -0.39 is 5.60 Å². The molecule has 3 atom stereocenters. The van der Waals surface area contributed by atoms with Crippen LogP contribution in [0.5, 0.6) is 0 Å². The van der Waals surface area contributed by atoms with Crippen molar-refractivity contribution in [1.29, 1.82) is 0 Å². The number of esters is 1. The molecule has 32 heavy (non-hydrogen) atoms. The van der Waals surface area contributed by atoms with Gasteiger partial charge >= 0.3 is 5.97 Å². The van der Waals surface area contributed by atoms with Crippen LogP contribution < -0.4 is 0 Å². The third-order valence-electron chi connectivity index (χ3n) is 6.10. The Balaban J connectivity index is 1.28. The molecule has 0 saturated heterocycles. The minimum Gasteiger partial charge on any atom is -0.460 e. The first-order valence-electron chi connectivity index (χ1n) is 11.4. The molecule has 4 nitrogen and oxygen atoms in total. The molecule has 5 rings (SSSR count). The second kappa shape index (κ2) is 8.42. The van der Waals surface area contributed by atoms with Crippen LogP contribution in [0.3, 0.4) is 0 Å². The number of rotatable bonds is 6. The van der Waals surface area contributed by atoms with E-state index in [1.165, 1.54) is 28.2 Å². The number of aromatic nitrogens is 2. The van der Waals surface area contributed by atoms with Crippen molar-refractivity contribution in [2.24, 2.45) is 11.8 Å².